The lowest BCUT2D eigenvalue weighted by atomic mass is 9.76. The van der Waals surface area contributed by atoms with Gasteiger partial charge in [-0.2, -0.15) is 0 Å². The SMILES string of the molecule is C[C@@H]1C(=O)[C@@H](C)[C@@H](c2ccc(N(C)C)cc2)N[C@@H]1c1ccc(N(C)C)cc1. The summed E-state index contributed by atoms with van der Waals surface area (Å²) >= 11 is 0. The maximum Gasteiger partial charge on any atom is 0.142 e. The smallest absolute Gasteiger partial charge is 0.142 e. The number of hydrogen-bond acceptors (Lipinski definition) is 4. The number of nitrogens with zero attached hydrogens (tertiary/aromatic N) is 2. The summed E-state index contributed by atoms with van der Waals surface area (Å²) in [7, 11) is 8.15. The molecule has 0 aromatic heterocycles. The number of carbonyl (C=O) groups is 1. The standard InChI is InChI=1S/C23H31N3O/c1-15-21(17-7-11-19(12-8-17)25(3)4)24-22(16(2)23(15)27)18-9-13-20(14-10-18)26(5)6/h7-16,21-22,24H,1-6H3/t15-,16-,21-,22-/m0/s1. The molecule has 0 radical (unpaired) electrons. The highest BCUT2D eigenvalue weighted by Gasteiger charge is 2.40. The molecule has 2 aromatic rings. The van der Waals surface area contributed by atoms with Crippen LogP contribution in [-0.4, -0.2) is 34.0 Å². The number of benzene rings is 2. The summed E-state index contributed by atoms with van der Waals surface area (Å²) in [6.07, 6.45) is 0. The van der Waals surface area contributed by atoms with E-state index in [4.69, 9.17) is 0 Å². The van der Waals surface area contributed by atoms with Crippen LogP contribution >= 0.6 is 0 Å². The second-order valence-electron chi connectivity index (χ2n) is 8.07. The Morgan fingerprint density at radius 1 is 0.667 bits per heavy atom. The lowest BCUT2D eigenvalue weighted by molar-refractivity contribution is -0.130. The van der Waals surface area contributed by atoms with E-state index >= 15 is 0 Å². The molecule has 1 saturated heterocycles. The average molecular weight is 366 g/mol. The number of rotatable bonds is 4. The first-order valence-corrected chi connectivity index (χ1v) is 9.64. The molecule has 0 amide bonds. The third-order valence-electron chi connectivity index (χ3n) is 5.79. The van der Waals surface area contributed by atoms with Gasteiger partial charge in [-0.25, -0.2) is 0 Å². The minimum Gasteiger partial charge on any atom is -0.378 e. The Hall–Kier alpha value is -2.33. The minimum atomic E-state index is -0.0393. The second kappa shape index (κ2) is 7.73. The number of carbonyl (C=O) groups excluding carboxylic acids is 1. The van der Waals surface area contributed by atoms with E-state index in [1.165, 1.54) is 11.1 Å². The van der Waals surface area contributed by atoms with E-state index < -0.39 is 0 Å². The van der Waals surface area contributed by atoms with Gasteiger partial charge in [0.25, 0.3) is 0 Å². The maximum absolute atomic E-state index is 13.0. The molecule has 27 heavy (non-hydrogen) atoms. The van der Waals surface area contributed by atoms with Gasteiger partial charge in [0, 0.05) is 63.5 Å². The van der Waals surface area contributed by atoms with Crippen molar-refractivity contribution in [3.63, 3.8) is 0 Å². The zero-order chi connectivity index (χ0) is 19.7. The highest BCUT2D eigenvalue weighted by Crippen LogP contribution is 2.38. The van der Waals surface area contributed by atoms with Crippen molar-refractivity contribution < 1.29 is 4.79 Å². The van der Waals surface area contributed by atoms with Gasteiger partial charge in [-0.1, -0.05) is 38.1 Å². The molecule has 4 atom stereocenters. The summed E-state index contributed by atoms with van der Waals surface area (Å²) in [5.74, 6) is 0.252. The Kier molecular flexibility index (Phi) is 5.56. The highest BCUT2D eigenvalue weighted by atomic mass is 16.1. The molecule has 4 nitrogen and oxygen atoms in total. The molecule has 0 unspecified atom stereocenters. The predicted octanol–water partition coefficient (Wildman–Crippen LogP) is 4.05. The van der Waals surface area contributed by atoms with Crippen LogP contribution in [0, 0.1) is 11.8 Å². The van der Waals surface area contributed by atoms with Crippen molar-refractivity contribution in [2.24, 2.45) is 11.8 Å². The molecule has 1 aliphatic rings. The van der Waals surface area contributed by atoms with Crippen molar-refractivity contribution >= 4 is 17.2 Å². The van der Waals surface area contributed by atoms with Crippen LogP contribution in [0.1, 0.15) is 37.1 Å². The first-order chi connectivity index (χ1) is 12.8. The highest BCUT2D eigenvalue weighted by molar-refractivity contribution is 5.85. The molecule has 1 aliphatic heterocycles. The van der Waals surface area contributed by atoms with Gasteiger partial charge in [0.05, 0.1) is 0 Å². The summed E-state index contributed by atoms with van der Waals surface area (Å²) in [5, 5.41) is 3.77. The van der Waals surface area contributed by atoms with Gasteiger partial charge >= 0.3 is 0 Å². The maximum atomic E-state index is 13.0. The van der Waals surface area contributed by atoms with E-state index in [2.05, 4.69) is 63.6 Å². The monoisotopic (exact) mass is 365 g/mol. The van der Waals surface area contributed by atoms with Crippen molar-refractivity contribution in [1.29, 1.82) is 0 Å². The van der Waals surface area contributed by atoms with E-state index in [9.17, 15) is 4.79 Å². The zero-order valence-corrected chi connectivity index (χ0v) is 17.2. The predicted molar refractivity (Wildman–Crippen MR) is 113 cm³/mol. The fourth-order valence-corrected chi connectivity index (χ4v) is 3.95. The molecule has 3 rings (SSSR count). The number of nitrogens with one attached hydrogen (secondary N) is 1. The number of hydrogen-bond donors (Lipinski definition) is 1. The van der Waals surface area contributed by atoms with Gasteiger partial charge in [0.1, 0.15) is 5.78 Å². The van der Waals surface area contributed by atoms with Gasteiger partial charge in [0.15, 0.2) is 0 Å². The Labute approximate surface area is 163 Å². The lowest BCUT2D eigenvalue weighted by Gasteiger charge is -2.39. The molecule has 1 heterocycles. The van der Waals surface area contributed by atoms with Gasteiger partial charge in [-0.15, -0.1) is 0 Å². The first-order valence-electron chi connectivity index (χ1n) is 9.64. The van der Waals surface area contributed by atoms with E-state index in [0.717, 1.165) is 11.4 Å². The molecular formula is C23H31N3O. The molecule has 0 aliphatic carbocycles. The summed E-state index contributed by atoms with van der Waals surface area (Å²) in [5.41, 5.74) is 4.67. The molecule has 144 valence electrons. The second-order valence-corrected chi connectivity index (χ2v) is 8.07. The van der Waals surface area contributed by atoms with Gasteiger partial charge in [-0.3, -0.25) is 4.79 Å². The van der Waals surface area contributed by atoms with Gasteiger partial charge in [-0.05, 0) is 35.4 Å². The van der Waals surface area contributed by atoms with Crippen LogP contribution in [0.5, 0.6) is 0 Å². The number of anilines is 2. The fourth-order valence-electron chi connectivity index (χ4n) is 3.95. The molecule has 2 aromatic carbocycles. The van der Waals surface area contributed by atoms with Crippen LogP contribution in [-0.2, 0) is 4.79 Å². The summed E-state index contributed by atoms with van der Waals surface area (Å²) in [6.45, 7) is 4.09. The summed E-state index contributed by atoms with van der Waals surface area (Å²) in [6, 6.07) is 17.1. The van der Waals surface area contributed by atoms with E-state index in [-0.39, 0.29) is 23.9 Å². The molecular weight excluding hydrogens is 334 g/mol. The third kappa shape index (κ3) is 3.86. The third-order valence-corrected chi connectivity index (χ3v) is 5.79. The Morgan fingerprint density at radius 3 is 1.30 bits per heavy atom. The van der Waals surface area contributed by atoms with E-state index in [1.54, 1.807) is 0 Å². The molecule has 0 spiro atoms. The molecule has 0 saturated carbocycles. The zero-order valence-electron chi connectivity index (χ0n) is 17.2. The van der Waals surface area contributed by atoms with Crippen LogP contribution in [0.4, 0.5) is 11.4 Å². The topological polar surface area (TPSA) is 35.6 Å². The van der Waals surface area contributed by atoms with E-state index in [1.807, 2.05) is 42.0 Å². The van der Waals surface area contributed by atoms with Crippen LogP contribution < -0.4 is 15.1 Å². The van der Waals surface area contributed by atoms with Gasteiger partial charge < -0.3 is 15.1 Å². The largest absolute Gasteiger partial charge is 0.378 e. The molecule has 1 fully saturated rings. The fraction of sp³-hybridized carbons (Fsp3) is 0.435. The van der Waals surface area contributed by atoms with Gasteiger partial charge in [0.2, 0.25) is 0 Å². The number of Topliss-reactive ketones (excluding diaryl/α,β-unsaturated/α-hetero) is 1. The van der Waals surface area contributed by atoms with Crippen molar-refractivity contribution in [2.75, 3.05) is 38.0 Å². The van der Waals surface area contributed by atoms with Crippen molar-refractivity contribution in [2.45, 2.75) is 25.9 Å². The summed E-state index contributed by atoms with van der Waals surface area (Å²) in [4.78, 5) is 17.2. The number of piperidine rings is 1. The van der Waals surface area contributed by atoms with E-state index in [0.29, 0.717) is 5.78 Å². The van der Waals surface area contributed by atoms with Crippen LogP contribution in [0.15, 0.2) is 48.5 Å². The molecule has 4 heteroatoms. The Balaban J connectivity index is 1.89. The van der Waals surface area contributed by atoms with Crippen LogP contribution in [0.2, 0.25) is 0 Å². The Morgan fingerprint density at radius 2 is 1.00 bits per heavy atom. The Bertz CT molecular complexity index is 715. The molecule has 0 bridgehead atoms. The lowest BCUT2D eigenvalue weighted by Crippen LogP contribution is -2.46. The summed E-state index contributed by atoms with van der Waals surface area (Å²) < 4.78 is 0. The van der Waals surface area contributed by atoms with Crippen molar-refractivity contribution in [3.05, 3.63) is 59.7 Å². The van der Waals surface area contributed by atoms with Crippen molar-refractivity contribution in [1.82, 2.24) is 5.32 Å². The van der Waals surface area contributed by atoms with Crippen LogP contribution in [0.25, 0.3) is 0 Å². The minimum absolute atomic E-state index is 0.0310. The first kappa shape index (κ1) is 19.4. The van der Waals surface area contributed by atoms with Crippen molar-refractivity contribution in [3.8, 4) is 0 Å². The normalized spacial score (nSPS) is 25.3. The van der Waals surface area contributed by atoms with Crippen LogP contribution in [0.3, 0.4) is 0 Å². The molecule has 1 N–H and O–H groups in total. The number of ketones is 1. The quantitative estimate of drug-likeness (QED) is 0.887. The average Bonchev–Trinajstić information content (AvgIpc) is 2.66.